The van der Waals surface area contributed by atoms with Crippen LogP contribution in [-0.4, -0.2) is 10.9 Å². The molecule has 0 spiro atoms. The maximum atomic E-state index is 10.5. The maximum Gasteiger partial charge on any atom is 0.0889 e. The van der Waals surface area contributed by atoms with Gasteiger partial charge in [0.1, 0.15) is 0 Å². The van der Waals surface area contributed by atoms with E-state index >= 15 is 0 Å². The molecule has 3 aromatic carbocycles. The van der Waals surface area contributed by atoms with Crippen LogP contribution in [0.1, 0.15) is 11.7 Å². The van der Waals surface area contributed by atoms with Crippen molar-refractivity contribution in [1.82, 2.24) is 0 Å². The molecular weight excluding hydrogens is 344 g/mol. The number of halogens is 1. The second-order valence-corrected chi connectivity index (χ2v) is 6.86. The van der Waals surface area contributed by atoms with Crippen molar-refractivity contribution in [1.29, 1.82) is 0 Å². The van der Waals surface area contributed by atoms with Crippen molar-refractivity contribution in [3.63, 3.8) is 0 Å². The zero-order valence-corrected chi connectivity index (χ0v) is 13.8. The van der Waals surface area contributed by atoms with Crippen LogP contribution in [0.15, 0.2) is 76.1 Å². The molecule has 0 saturated carbocycles. The summed E-state index contributed by atoms with van der Waals surface area (Å²) in [5, 5.41) is 12.8. The molecule has 1 atom stereocenters. The lowest BCUT2D eigenvalue weighted by molar-refractivity contribution is 0.205. The second kappa shape index (κ2) is 6.65. The largest absolute Gasteiger partial charge is 0.388 e. The van der Waals surface area contributed by atoms with Crippen molar-refractivity contribution in [2.75, 3.05) is 5.75 Å². The van der Waals surface area contributed by atoms with Gasteiger partial charge in [0.2, 0.25) is 0 Å². The van der Waals surface area contributed by atoms with E-state index in [4.69, 9.17) is 0 Å². The van der Waals surface area contributed by atoms with Crippen LogP contribution in [0.4, 0.5) is 0 Å². The summed E-state index contributed by atoms with van der Waals surface area (Å²) in [5.41, 5.74) is 0.998. The molecule has 0 aliphatic rings. The molecule has 21 heavy (non-hydrogen) atoms. The molecule has 3 aromatic rings. The molecule has 0 aliphatic carbocycles. The van der Waals surface area contributed by atoms with Crippen LogP contribution in [0.3, 0.4) is 0 Å². The number of hydrogen-bond donors (Lipinski definition) is 1. The summed E-state index contributed by atoms with van der Waals surface area (Å²) in [6.45, 7) is 0. The molecule has 0 radical (unpaired) electrons. The lowest BCUT2D eigenvalue weighted by atomic mass is 10.0. The number of benzene rings is 3. The zero-order chi connectivity index (χ0) is 14.7. The van der Waals surface area contributed by atoms with Gasteiger partial charge in [-0.2, -0.15) is 0 Å². The van der Waals surface area contributed by atoms with Crippen molar-refractivity contribution in [2.45, 2.75) is 11.0 Å². The Hall–Kier alpha value is -1.29. The Labute approximate surface area is 137 Å². The first-order valence-corrected chi connectivity index (χ1v) is 8.56. The molecule has 0 amide bonds. The molecule has 0 heterocycles. The number of hydrogen-bond acceptors (Lipinski definition) is 2. The summed E-state index contributed by atoms with van der Waals surface area (Å²) >= 11 is 5.10. The van der Waals surface area contributed by atoms with Crippen molar-refractivity contribution in [3.05, 3.63) is 76.8 Å². The zero-order valence-electron chi connectivity index (χ0n) is 11.4. The van der Waals surface area contributed by atoms with E-state index in [9.17, 15) is 5.11 Å². The third-order valence-electron chi connectivity index (χ3n) is 3.40. The van der Waals surface area contributed by atoms with Crippen LogP contribution in [-0.2, 0) is 0 Å². The van der Waals surface area contributed by atoms with Gasteiger partial charge in [-0.25, -0.2) is 0 Å². The topological polar surface area (TPSA) is 20.2 Å². The van der Waals surface area contributed by atoms with Crippen LogP contribution < -0.4 is 0 Å². The van der Waals surface area contributed by atoms with Crippen LogP contribution in [0.25, 0.3) is 10.8 Å². The molecule has 0 bridgehead atoms. The van der Waals surface area contributed by atoms with Crippen LogP contribution in [0.5, 0.6) is 0 Å². The van der Waals surface area contributed by atoms with Gasteiger partial charge in [-0.3, -0.25) is 0 Å². The maximum absolute atomic E-state index is 10.5. The minimum Gasteiger partial charge on any atom is -0.388 e. The Kier molecular flexibility index (Phi) is 4.63. The van der Waals surface area contributed by atoms with Crippen molar-refractivity contribution in [3.8, 4) is 0 Å². The standard InChI is InChI=1S/C18H15BrOS/c19-14-8-10-15(11-9-14)21-12-18(20)17-7-3-5-13-4-1-2-6-16(13)17/h1-11,18,20H,12H2. The van der Waals surface area contributed by atoms with E-state index in [-0.39, 0.29) is 0 Å². The van der Waals surface area contributed by atoms with Crippen LogP contribution in [0.2, 0.25) is 0 Å². The lowest BCUT2D eigenvalue weighted by Gasteiger charge is -2.13. The number of aliphatic hydroxyl groups is 1. The van der Waals surface area contributed by atoms with Gasteiger partial charge in [0.25, 0.3) is 0 Å². The number of rotatable bonds is 4. The van der Waals surface area contributed by atoms with E-state index < -0.39 is 6.10 Å². The summed E-state index contributed by atoms with van der Waals surface area (Å²) in [5.74, 6) is 0.648. The third-order valence-corrected chi connectivity index (χ3v) is 5.02. The molecule has 0 fully saturated rings. The average Bonchev–Trinajstić information content (AvgIpc) is 2.53. The second-order valence-electron chi connectivity index (χ2n) is 4.85. The predicted octanol–water partition coefficient (Wildman–Crippen LogP) is 5.43. The quantitative estimate of drug-likeness (QED) is 0.627. The molecule has 1 N–H and O–H groups in total. The van der Waals surface area contributed by atoms with E-state index in [1.807, 2.05) is 36.4 Å². The van der Waals surface area contributed by atoms with E-state index in [0.717, 1.165) is 20.3 Å². The lowest BCUT2D eigenvalue weighted by Crippen LogP contribution is -2.01. The first-order chi connectivity index (χ1) is 10.2. The summed E-state index contributed by atoms with van der Waals surface area (Å²) in [4.78, 5) is 1.16. The van der Waals surface area contributed by atoms with E-state index in [0.29, 0.717) is 5.75 Å². The van der Waals surface area contributed by atoms with Gasteiger partial charge in [-0.15, -0.1) is 11.8 Å². The van der Waals surface area contributed by atoms with Crippen LogP contribution in [0, 0.1) is 0 Å². The molecule has 0 aliphatic heterocycles. The SMILES string of the molecule is OC(CSc1ccc(Br)cc1)c1cccc2ccccc12. The summed E-state index contributed by atoms with van der Waals surface area (Å²) < 4.78 is 1.07. The van der Waals surface area contributed by atoms with Gasteiger partial charge >= 0.3 is 0 Å². The molecule has 106 valence electrons. The van der Waals surface area contributed by atoms with Gasteiger partial charge in [-0.1, -0.05) is 58.4 Å². The van der Waals surface area contributed by atoms with Gasteiger partial charge in [0.05, 0.1) is 6.10 Å². The van der Waals surface area contributed by atoms with Crippen LogP contribution >= 0.6 is 27.7 Å². The Morgan fingerprint density at radius 2 is 1.62 bits per heavy atom. The first-order valence-electron chi connectivity index (χ1n) is 6.78. The molecule has 1 unspecified atom stereocenters. The molecule has 0 aromatic heterocycles. The highest BCUT2D eigenvalue weighted by molar-refractivity contribution is 9.10. The highest BCUT2D eigenvalue weighted by atomic mass is 79.9. The Bertz CT molecular complexity index is 734. The summed E-state index contributed by atoms with van der Waals surface area (Å²) in [7, 11) is 0. The highest BCUT2D eigenvalue weighted by Crippen LogP contribution is 2.29. The van der Waals surface area contributed by atoms with Gasteiger partial charge in [0.15, 0.2) is 0 Å². The van der Waals surface area contributed by atoms with Gasteiger partial charge < -0.3 is 5.11 Å². The fraction of sp³-hybridized carbons (Fsp3) is 0.111. The monoisotopic (exact) mass is 358 g/mol. The molecule has 0 saturated heterocycles. The molecule has 3 rings (SSSR count). The Morgan fingerprint density at radius 3 is 2.43 bits per heavy atom. The van der Waals surface area contributed by atoms with Crippen molar-refractivity contribution >= 4 is 38.5 Å². The predicted molar refractivity (Wildman–Crippen MR) is 93.8 cm³/mol. The van der Waals surface area contributed by atoms with Crippen molar-refractivity contribution in [2.24, 2.45) is 0 Å². The Balaban J connectivity index is 1.78. The smallest absolute Gasteiger partial charge is 0.0889 e. The van der Waals surface area contributed by atoms with Gasteiger partial charge in [0, 0.05) is 15.1 Å². The number of thioether (sulfide) groups is 1. The fourth-order valence-corrected chi connectivity index (χ4v) is 3.46. The minimum absolute atomic E-state index is 0.468. The third kappa shape index (κ3) is 3.49. The minimum atomic E-state index is -0.468. The highest BCUT2D eigenvalue weighted by Gasteiger charge is 2.11. The van der Waals surface area contributed by atoms with E-state index in [1.165, 1.54) is 5.39 Å². The fourth-order valence-electron chi connectivity index (χ4n) is 2.34. The first kappa shape index (κ1) is 14.6. The molecule has 3 heteroatoms. The molecule has 1 nitrogen and oxygen atoms in total. The molecular formula is C18H15BrOS. The summed E-state index contributed by atoms with van der Waals surface area (Å²) in [6.07, 6.45) is -0.468. The van der Waals surface area contributed by atoms with E-state index in [2.05, 4.69) is 46.3 Å². The normalized spacial score (nSPS) is 12.5. The summed E-state index contributed by atoms with van der Waals surface area (Å²) in [6, 6.07) is 22.4. The Morgan fingerprint density at radius 1 is 0.905 bits per heavy atom. The van der Waals surface area contributed by atoms with E-state index in [1.54, 1.807) is 11.8 Å². The number of aliphatic hydroxyl groups excluding tert-OH is 1. The van der Waals surface area contributed by atoms with Gasteiger partial charge in [-0.05, 0) is 40.6 Å². The number of fused-ring (bicyclic) bond motifs is 1. The van der Waals surface area contributed by atoms with Crippen molar-refractivity contribution < 1.29 is 5.11 Å². The average molecular weight is 359 g/mol.